The van der Waals surface area contributed by atoms with Gasteiger partial charge in [-0.05, 0) is 12.1 Å². The molecule has 3 nitrogen and oxygen atoms in total. The smallest absolute Gasteiger partial charge is 0.340 e. The van der Waals surface area contributed by atoms with Gasteiger partial charge in [0.15, 0.2) is 0 Å². The summed E-state index contributed by atoms with van der Waals surface area (Å²) in [5.74, 6) is -0.587. The molecule has 1 aromatic carbocycles. The first-order valence-corrected chi connectivity index (χ1v) is 3.83. The van der Waals surface area contributed by atoms with Crippen LogP contribution in [0.25, 0.3) is 0 Å². The van der Waals surface area contributed by atoms with Gasteiger partial charge in [0.25, 0.3) is 0 Å². The summed E-state index contributed by atoms with van der Waals surface area (Å²) < 4.78 is 16.2. The Balaban J connectivity index is 2.71. The molecule has 1 aromatic rings. The molecular weight excluding hydrogens is 173 g/mol. The Kier molecular flexibility index (Phi) is 3.25. The number of nitrogen functional groups attached to an aromatic ring is 1. The molecule has 0 atom stereocenters. The van der Waals surface area contributed by atoms with E-state index in [1.54, 1.807) is 18.2 Å². The molecule has 0 radical (unpaired) electrons. The summed E-state index contributed by atoms with van der Waals surface area (Å²) in [5, 5.41) is 0. The van der Waals surface area contributed by atoms with Crippen molar-refractivity contribution in [2.75, 3.05) is 19.0 Å². The van der Waals surface area contributed by atoms with E-state index in [0.29, 0.717) is 5.69 Å². The van der Waals surface area contributed by atoms with E-state index in [2.05, 4.69) is 4.74 Å². The minimum absolute atomic E-state index is 0.229. The molecule has 70 valence electrons. The Morgan fingerprint density at radius 3 is 2.77 bits per heavy atom. The van der Waals surface area contributed by atoms with Crippen molar-refractivity contribution in [3.63, 3.8) is 0 Å². The van der Waals surface area contributed by atoms with Crippen LogP contribution in [0.15, 0.2) is 24.3 Å². The molecule has 0 aromatic heterocycles. The van der Waals surface area contributed by atoms with Gasteiger partial charge in [-0.2, -0.15) is 0 Å². The van der Waals surface area contributed by atoms with Crippen molar-refractivity contribution in [1.29, 1.82) is 0 Å². The molecule has 0 saturated heterocycles. The van der Waals surface area contributed by atoms with Crippen LogP contribution < -0.4 is 5.73 Å². The maximum atomic E-state index is 11.7. The first kappa shape index (κ1) is 9.51. The van der Waals surface area contributed by atoms with Gasteiger partial charge in [0.1, 0.15) is 13.3 Å². The van der Waals surface area contributed by atoms with Crippen LogP contribution in [-0.4, -0.2) is 19.3 Å². The monoisotopic (exact) mass is 183 g/mol. The highest BCUT2D eigenvalue weighted by Crippen LogP contribution is 2.11. The number of esters is 1. The molecule has 0 heterocycles. The lowest BCUT2D eigenvalue weighted by Crippen LogP contribution is -2.09. The third-order valence-corrected chi connectivity index (χ3v) is 1.49. The SMILES string of the molecule is Nc1ccccc1C(=O)OCCF. The molecule has 0 fully saturated rings. The van der Waals surface area contributed by atoms with Crippen LogP contribution in [0.3, 0.4) is 0 Å². The molecule has 2 N–H and O–H groups in total. The molecule has 0 spiro atoms. The zero-order chi connectivity index (χ0) is 9.68. The van der Waals surface area contributed by atoms with Gasteiger partial charge in [0.05, 0.1) is 5.56 Å². The van der Waals surface area contributed by atoms with Crippen molar-refractivity contribution < 1.29 is 13.9 Å². The molecule has 0 bridgehead atoms. The van der Waals surface area contributed by atoms with Gasteiger partial charge in [0, 0.05) is 5.69 Å². The number of ether oxygens (including phenoxy) is 1. The summed E-state index contributed by atoms with van der Waals surface area (Å²) in [6.45, 7) is -0.911. The predicted molar refractivity (Wildman–Crippen MR) is 47.1 cm³/mol. The number of carbonyl (C=O) groups excluding carboxylic acids is 1. The average molecular weight is 183 g/mol. The fraction of sp³-hybridized carbons (Fsp3) is 0.222. The second kappa shape index (κ2) is 4.45. The van der Waals surface area contributed by atoms with E-state index in [1.807, 2.05) is 0 Å². The quantitative estimate of drug-likeness (QED) is 0.569. The van der Waals surface area contributed by atoms with Crippen LogP contribution in [0.4, 0.5) is 10.1 Å². The highest BCUT2D eigenvalue weighted by molar-refractivity contribution is 5.94. The first-order valence-electron chi connectivity index (χ1n) is 3.83. The Bertz CT molecular complexity index is 301. The third-order valence-electron chi connectivity index (χ3n) is 1.49. The molecule has 0 amide bonds. The number of anilines is 1. The predicted octanol–water partition coefficient (Wildman–Crippen LogP) is 1.40. The van der Waals surface area contributed by atoms with E-state index in [1.165, 1.54) is 6.07 Å². The molecule has 0 unspecified atom stereocenters. The lowest BCUT2D eigenvalue weighted by atomic mass is 10.2. The Morgan fingerprint density at radius 1 is 1.46 bits per heavy atom. The summed E-state index contributed by atoms with van der Waals surface area (Å²) in [4.78, 5) is 11.2. The van der Waals surface area contributed by atoms with Crippen LogP contribution in [0.1, 0.15) is 10.4 Å². The van der Waals surface area contributed by atoms with Crippen LogP contribution >= 0.6 is 0 Å². The van der Waals surface area contributed by atoms with Crippen molar-refractivity contribution in [3.8, 4) is 0 Å². The number of para-hydroxylation sites is 1. The summed E-state index contributed by atoms with van der Waals surface area (Å²) >= 11 is 0. The van der Waals surface area contributed by atoms with Crippen molar-refractivity contribution in [2.45, 2.75) is 0 Å². The minimum atomic E-state index is -0.682. The van der Waals surface area contributed by atoms with Crippen molar-refractivity contribution >= 4 is 11.7 Å². The molecule has 4 heteroatoms. The number of nitrogens with two attached hydrogens (primary N) is 1. The van der Waals surface area contributed by atoms with Crippen molar-refractivity contribution in [3.05, 3.63) is 29.8 Å². The van der Waals surface area contributed by atoms with Gasteiger partial charge in [0.2, 0.25) is 0 Å². The topological polar surface area (TPSA) is 52.3 Å². The number of hydrogen-bond acceptors (Lipinski definition) is 3. The van der Waals surface area contributed by atoms with Crippen LogP contribution in [0.5, 0.6) is 0 Å². The zero-order valence-corrected chi connectivity index (χ0v) is 7.00. The second-order valence-electron chi connectivity index (χ2n) is 2.41. The molecule has 0 aliphatic rings. The highest BCUT2D eigenvalue weighted by atomic mass is 19.1. The second-order valence-corrected chi connectivity index (χ2v) is 2.41. The summed E-state index contributed by atoms with van der Waals surface area (Å²) in [5.41, 5.74) is 6.11. The highest BCUT2D eigenvalue weighted by Gasteiger charge is 2.09. The van der Waals surface area contributed by atoms with Crippen molar-refractivity contribution in [2.24, 2.45) is 0 Å². The fourth-order valence-corrected chi connectivity index (χ4v) is 0.892. The fourth-order valence-electron chi connectivity index (χ4n) is 0.892. The number of alkyl halides is 1. The maximum absolute atomic E-state index is 11.7. The summed E-state index contributed by atoms with van der Waals surface area (Å²) in [6, 6.07) is 6.51. The van der Waals surface area contributed by atoms with Gasteiger partial charge < -0.3 is 10.5 Å². The molecule has 0 saturated carbocycles. The normalized spacial score (nSPS) is 9.62. The lowest BCUT2D eigenvalue weighted by molar-refractivity contribution is 0.0482. The molecule has 1 rings (SSSR count). The van der Waals surface area contributed by atoms with E-state index in [9.17, 15) is 9.18 Å². The number of carbonyl (C=O) groups is 1. The van der Waals surface area contributed by atoms with Crippen LogP contribution in [0.2, 0.25) is 0 Å². The number of halogens is 1. The van der Waals surface area contributed by atoms with E-state index >= 15 is 0 Å². The number of hydrogen-bond donors (Lipinski definition) is 1. The van der Waals surface area contributed by atoms with E-state index in [-0.39, 0.29) is 12.2 Å². The Labute approximate surface area is 75.3 Å². The van der Waals surface area contributed by atoms with Crippen molar-refractivity contribution in [1.82, 2.24) is 0 Å². The standard InChI is InChI=1S/C9H10FNO2/c10-5-6-13-9(12)7-3-1-2-4-8(7)11/h1-4H,5-6,11H2. The Hall–Kier alpha value is -1.58. The Morgan fingerprint density at radius 2 is 2.15 bits per heavy atom. The van der Waals surface area contributed by atoms with Gasteiger partial charge in [-0.15, -0.1) is 0 Å². The first-order chi connectivity index (χ1) is 6.25. The third kappa shape index (κ3) is 2.43. The van der Waals surface area contributed by atoms with E-state index in [4.69, 9.17) is 5.73 Å². The van der Waals surface area contributed by atoms with E-state index < -0.39 is 12.6 Å². The molecule has 0 aliphatic carbocycles. The van der Waals surface area contributed by atoms with Gasteiger partial charge in [-0.1, -0.05) is 12.1 Å². The summed E-state index contributed by atoms with van der Waals surface area (Å²) in [7, 11) is 0. The lowest BCUT2D eigenvalue weighted by Gasteiger charge is -2.04. The van der Waals surface area contributed by atoms with Crippen LogP contribution in [-0.2, 0) is 4.74 Å². The van der Waals surface area contributed by atoms with Gasteiger partial charge in [-0.3, -0.25) is 0 Å². The maximum Gasteiger partial charge on any atom is 0.340 e. The average Bonchev–Trinajstić information content (AvgIpc) is 2.15. The molecule has 0 aliphatic heterocycles. The zero-order valence-electron chi connectivity index (χ0n) is 7.00. The summed E-state index contributed by atoms with van der Waals surface area (Å²) in [6.07, 6.45) is 0. The molecular formula is C9H10FNO2. The molecule has 13 heavy (non-hydrogen) atoms. The number of benzene rings is 1. The van der Waals surface area contributed by atoms with E-state index in [0.717, 1.165) is 0 Å². The van der Waals surface area contributed by atoms with Gasteiger partial charge in [-0.25, -0.2) is 9.18 Å². The van der Waals surface area contributed by atoms with Crippen LogP contribution in [0, 0.1) is 0 Å². The largest absolute Gasteiger partial charge is 0.459 e. The minimum Gasteiger partial charge on any atom is -0.459 e. The number of rotatable bonds is 3. The van der Waals surface area contributed by atoms with Gasteiger partial charge >= 0.3 is 5.97 Å².